The molecule has 2 fully saturated rings. The van der Waals surface area contributed by atoms with Gasteiger partial charge >= 0.3 is 6.09 Å². The van der Waals surface area contributed by atoms with Crippen molar-refractivity contribution in [3.8, 4) is 0 Å². The van der Waals surface area contributed by atoms with Crippen LogP contribution in [0.3, 0.4) is 0 Å². The van der Waals surface area contributed by atoms with Gasteiger partial charge in [0.15, 0.2) is 0 Å². The summed E-state index contributed by atoms with van der Waals surface area (Å²) in [6.07, 6.45) is -1.26. The molecule has 2 aliphatic rings. The number of hydrogen-bond acceptors (Lipinski definition) is 3. The molecule has 2 aliphatic heterocycles. The third kappa shape index (κ3) is 1.15. The van der Waals surface area contributed by atoms with E-state index in [1.807, 2.05) is 0 Å². The molecule has 0 radical (unpaired) electrons. The summed E-state index contributed by atoms with van der Waals surface area (Å²) in [6, 6.07) is 0. The smallest absolute Gasteiger partial charge is 0.407 e. The van der Waals surface area contributed by atoms with Crippen LogP contribution in [-0.4, -0.2) is 52.6 Å². The maximum absolute atomic E-state index is 10.6. The summed E-state index contributed by atoms with van der Waals surface area (Å²) in [5.41, 5.74) is 0. The average molecular weight is 173 g/mol. The predicted octanol–water partition coefficient (Wildman–Crippen LogP) is -0.502. The molecule has 0 aromatic heterocycles. The van der Waals surface area contributed by atoms with Gasteiger partial charge in [0.1, 0.15) is 6.10 Å². The third-order valence-electron chi connectivity index (χ3n) is 2.40. The predicted molar refractivity (Wildman–Crippen MR) is 38.9 cm³/mol. The lowest BCUT2D eigenvalue weighted by Gasteiger charge is -2.29. The molecule has 2 N–H and O–H groups in total. The summed E-state index contributed by atoms with van der Waals surface area (Å²) in [4.78, 5) is 11.9. The van der Waals surface area contributed by atoms with Crippen molar-refractivity contribution < 1.29 is 19.7 Å². The Balaban J connectivity index is 2.05. The molecule has 2 rings (SSSR count). The summed E-state index contributed by atoms with van der Waals surface area (Å²) >= 11 is 0. The molecular formula is C7H11NO4. The molecule has 2 heterocycles. The molecule has 0 aliphatic carbocycles. The van der Waals surface area contributed by atoms with E-state index in [2.05, 4.69) is 0 Å². The molecule has 2 bridgehead atoms. The summed E-state index contributed by atoms with van der Waals surface area (Å²) in [7, 11) is 0. The first-order valence-electron chi connectivity index (χ1n) is 3.98. The first-order valence-corrected chi connectivity index (χ1v) is 3.98. The van der Waals surface area contributed by atoms with E-state index in [-0.39, 0.29) is 12.2 Å². The molecular weight excluding hydrogens is 162 g/mol. The molecule has 68 valence electrons. The van der Waals surface area contributed by atoms with Gasteiger partial charge in [0.2, 0.25) is 0 Å². The van der Waals surface area contributed by atoms with Gasteiger partial charge in [-0.3, -0.25) is 0 Å². The zero-order valence-electron chi connectivity index (χ0n) is 6.51. The maximum atomic E-state index is 10.6. The lowest BCUT2D eigenvalue weighted by Crippen LogP contribution is -2.46. The molecule has 5 nitrogen and oxygen atoms in total. The number of carboxylic acid groups (broad SMARTS) is 1. The summed E-state index contributed by atoms with van der Waals surface area (Å²) < 4.78 is 5.33. The monoisotopic (exact) mass is 173 g/mol. The molecule has 5 heteroatoms. The number of aliphatic hydroxyl groups is 1. The number of ether oxygens (including phenoxy) is 1. The second kappa shape index (κ2) is 2.60. The Hall–Kier alpha value is -0.810. The van der Waals surface area contributed by atoms with E-state index >= 15 is 0 Å². The van der Waals surface area contributed by atoms with Crippen LogP contribution in [0.4, 0.5) is 4.79 Å². The fourth-order valence-corrected chi connectivity index (χ4v) is 1.79. The minimum absolute atomic E-state index is 0.102. The van der Waals surface area contributed by atoms with Gasteiger partial charge in [-0.1, -0.05) is 0 Å². The van der Waals surface area contributed by atoms with E-state index in [4.69, 9.17) is 9.84 Å². The van der Waals surface area contributed by atoms with Crippen LogP contribution in [0.1, 0.15) is 6.42 Å². The Kier molecular flexibility index (Phi) is 1.69. The van der Waals surface area contributed by atoms with Crippen LogP contribution in [0.15, 0.2) is 0 Å². The number of aliphatic hydroxyl groups excluding tert-OH is 1. The van der Waals surface area contributed by atoms with E-state index in [1.165, 1.54) is 4.90 Å². The standard InChI is InChI=1S/C7H11NO4/c9-5-1-4-2-8(7(10)11)3-6(5)12-4/h4-6,9H,1-3H2,(H,10,11). The van der Waals surface area contributed by atoms with Crippen LogP contribution in [-0.2, 0) is 4.74 Å². The molecule has 3 unspecified atom stereocenters. The zero-order valence-corrected chi connectivity index (χ0v) is 6.51. The van der Waals surface area contributed by atoms with E-state index in [9.17, 15) is 9.90 Å². The normalized spacial score (nSPS) is 40.1. The third-order valence-corrected chi connectivity index (χ3v) is 2.40. The molecule has 12 heavy (non-hydrogen) atoms. The quantitative estimate of drug-likeness (QED) is 0.518. The fourth-order valence-electron chi connectivity index (χ4n) is 1.79. The lowest BCUT2D eigenvalue weighted by molar-refractivity contribution is -0.0513. The molecule has 3 atom stereocenters. The second-order valence-electron chi connectivity index (χ2n) is 3.29. The van der Waals surface area contributed by atoms with Crippen LogP contribution in [0, 0.1) is 0 Å². The van der Waals surface area contributed by atoms with Gasteiger partial charge in [-0.15, -0.1) is 0 Å². The number of rotatable bonds is 0. The zero-order chi connectivity index (χ0) is 8.72. The van der Waals surface area contributed by atoms with Gasteiger partial charge in [-0.2, -0.15) is 0 Å². The highest BCUT2D eigenvalue weighted by Crippen LogP contribution is 2.26. The summed E-state index contributed by atoms with van der Waals surface area (Å²) in [5, 5.41) is 18.0. The lowest BCUT2D eigenvalue weighted by atomic mass is 10.2. The van der Waals surface area contributed by atoms with Crippen molar-refractivity contribution in [2.24, 2.45) is 0 Å². The molecule has 1 amide bonds. The van der Waals surface area contributed by atoms with Gasteiger partial charge in [0.05, 0.1) is 25.3 Å². The average Bonchev–Trinajstić information content (AvgIpc) is 2.26. The van der Waals surface area contributed by atoms with Crippen LogP contribution < -0.4 is 0 Å². The molecule has 2 saturated heterocycles. The number of likely N-dealkylation sites (tertiary alicyclic amines) is 1. The van der Waals surface area contributed by atoms with Crippen LogP contribution >= 0.6 is 0 Å². The maximum Gasteiger partial charge on any atom is 0.407 e. The molecule has 0 aromatic rings. The van der Waals surface area contributed by atoms with Crippen molar-refractivity contribution in [1.29, 1.82) is 0 Å². The van der Waals surface area contributed by atoms with Crippen LogP contribution in [0.25, 0.3) is 0 Å². The molecule has 0 spiro atoms. The largest absolute Gasteiger partial charge is 0.465 e. The van der Waals surface area contributed by atoms with Crippen LogP contribution in [0.5, 0.6) is 0 Å². The Morgan fingerprint density at radius 2 is 2.25 bits per heavy atom. The van der Waals surface area contributed by atoms with Crippen molar-refractivity contribution in [2.75, 3.05) is 13.1 Å². The first-order chi connectivity index (χ1) is 5.66. The van der Waals surface area contributed by atoms with E-state index in [0.29, 0.717) is 19.5 Å². The van der Waals surface area contributed by atoms with Crippen molar-refractivity contribution in [3.05, 3.63) is 0 Å². The van der Waals surface area contributed by atoms with Crippen molar-refractivity contribution in [3.63, 3.8) is 0 Å². The van der Waals surface area contributed by atoms with Gasteiger partial charge < -0.3 is 19.8 Å². The van der Waals surface area contributed by atoms with Gasteiger partial charge in [-0.05, 0) is 0 Å². The first kappa shape index (κ1) is 7.82. The summed E-state index contributed by atoms with van der Waals surface area (Å²) in [5.74, 6) is 0. The van der Waals surface area contributed by atoms with Crippen molar-refractivity contribution in [2.45, 2.75) is 24.7 Å². The number of carbonyl (C=O) groups is 1. The summed E-state index contributed by atoms with van der Waals surface area (Å²) in [6.45, 7) is 0.690. The molecule has 0 aromatic carbocycles. The van der Waals surface area contributed by atoms with Gasteiger partial charge in [-0.25, -0.2) is 4.79 Å². The number of hydrogen-bond donors (Lipinski definition) is 2. The minimum atomic E-state index is -0.928. The Bertz CT molecular complexity index is 206. The number of morpholine rings is 1. The van der Waals surface area contributed by atoms with Crippen LogP contribution in [0.2, 0.25) is 0 Å². The second-order valence-corrected chi connectivity index (χ2v) is 3.29. The Morgan fingerprint density at radius 1 is 1.50 bits per heavy atom. The van der Waals surface area contributed by atoms with Crippen molar-refractivity contribution >= 4 is 6.09 Å². The van der Waals surface area contributed by atoms with Crippen molar-refractivity contribution in [1.82, 2.24) is 4.90 Å². The minimum Gasteiger partial charge on any atom is -0.465 e. The van der Waals surface area contributed by atoms with Gasteiger partial charge in [0.25, 0.3) is 0 Å². The highest BCUT2D eigenvalue weighted by Gasteiger charge is 2.41. The number of nitrogens with zero attached hydrogens (tertiary/aromatic N) is 1. The fraction of sp³-hybridized carbons (Fsp3) is 0.857. The topological polar surface area (TPSA) is 70.0 Å². The SMILES string of the molecule is O=C(O)N1CC2CC(O)C(C1)O2. The van der Waals surface area contributed by atoms with E-state index < -0.39 is 12.2 Å². The molecule has 0 saturated carbocycles. The highest BCUT2D eigenvalue weighted by molar-refractivity contribution is 5.65. The van der Waals surface area contributed by atoms with E-state index in [0.717, 1.165) is 0 Å². The highest BCUT2D eigenvalue weighted by atomic mass is 16.5. The Labute approximate surface area is 69.5 Å². The van der Waals surface area contributed by atoms with Gasteiger partial charge in [0, 0.05) is 6.42 Å². The number of fused-ring (bicyclic) bond motifs is 2. The number of amides is 1. The Morgan fingerprint density at radius 3 is 2.83 bits per heavy atom. The van der Waals surface area contributed by atoms with E-state index in [1.54, 1.807) is 0 Å².